The summed E-state index contributed by atoms with van der Waals surface area (Å²) in [6.07, 6.45) is 0. The zero-order chi connectivity index (χ0) is 13.8. The van der Waals surface area contributed by atoms with Crippen LogP contribution in [0.1, 0.15) is 17.0 Å². The first-order valence-electron chi connectivity index (χ1n) is 6.07. The summed E-state index contributed by atoms with van der Waals surface area (Å²) in [6.45, 7) is 4.19. The van der Waals surface area contributed by atoms with E-state index in [1.807, 2.05) is 44.2 Å². The molecule has 0 fully saturated rings. The van der Waals surface area contributed by atoms with E-state index >= 15 is 0 Å². The molecule has 0 spiro atoms. The summed E-state index contributed by atoms with van der Waals surface area (Å²) in [4.78, 5) is 13.6. The average Bonchev–Trinajstić information content (AvgIpc) is 2.71. The lowest BCUT2D eigenvalue weighted by Crippen LogP contribution is -2.31. The van der Waals surface area contributed by atoms with E-state index < -0.39 is 0 Å². The Morgan fingerprint density at radius 3 is 2.58 bits per heavy atom. The number of nitrogens with zero attached hydrogens (tertiary/aromatic N) is 2. The molecule has 1 heterocycles. The predicted molar refractivity (Wildman–Crippen MR) is 72.9 cm³/mol. The Morgan fingerprint density at radius 1 is 1.32 bits per heavy atom. The summed E-state index contributed by atoms with van der Waals surface area (Å²) in [5.41, 5.74) is 2.54. The molecule has 0 unspecified atom stereocenters. The molecule has 0 aliphatic rings. The van der Waals surface area contributed by atoms with Crippen molar-refractivity contribution in [2.24, 2.45) is 0 Å². The van der Waals surface area contributed by atoms with Crippen LogP contribution < -0.4 is 5.32 Å². The van der Waals surface area contributed by atoms with Crippen molar-refractivity contribution >= 4 is 11.7 Å². The minimum Gasteiger partial charge on any atom is -0.361 e. The molecule has 0 radical (unpaired) electrons. The van der Waals surface area contributed by atoms with Crippen LogP contribution in [0.4, 0.5) is 10.5 Å². The quantitative estimate of drug-likeness (QED) is 0.921. The maximum absolute atomic E-state index is 12.0. The van der Waals surface area contributed by atoms with E-state index in [1.54, 1.807) is 11.9 Å². The number of rotatable bonds is 3. The van der Waals surface area contributed by atoms with Crippen molar-refractivity contribution in [1.82, 2.24) is 10.1 Å². The van der Waals surface area contributed by atoms with Gasteiger partial charge in [0.15, 0.2) is 0 Å². The summed E-state index contributed by atoms with van der Waals surface area (Å²) in [5, 5.41) is 6.71. The van der Waals surface area contributed by atoms with Gasteiger partial charge in [-0.25, -0.2) is 4.79 Å². The molecule has 0 saturated heterocycles. The molecule has 2 aromatic rings. The summed E-state index contributed by atoms with van der Waals surface area (Å²) < 4.78 is 5.09. The molecule has 0 aliphatic carbocycles. The molecule has 19 heavy (non-hydrogen) atoms. The number of amides is 2. The van der Waals surface area contributed by atoms with Gasteiger partial charge in [-0.3, -0.25) is 0 Å². The first-order chi connectivity index (χ1) is 9.08. The van der Waals surface area contributed by atoms with E-state index in [-0.39, 0.29) is 6.03 Å². The largest absolute Gasteiger partial charge is 0.361 e. The first kappa shape index (κ1) is 13.1. The second-order valence-corrected chi connectivity index (χ2v) is 4.45. The molecular formula is C14H17N3O2. The Labute approximate surface area is 112 Å². The lowest BCUT2D eigenvalue weighted by atomic mass is 10.2. The van der Waals surface area contributed by atoms with Crippen molar-refractivity contribution < 1.29 is 9.32 Å². The van der Waals surface area contributed by atoms with Crippen molar-refractivity contribution in [1.29, 1.82) is 0 Å². The van der Waals surface area contributed by atoms with Crippen LogP contribution in [0.15, 0.2) is 34.9 Å². The van der Waals surface area contributed by atoms with Gasteiger partial charge in [0, 0.05) is 18.3 Å². The minimum atomic E-state index is -0.161. The van der Waals surface area contributed by atoms with E-state index in [0.717, 1.165) is 22.7 Å². The third-order valence-electron chi connectivity index (χ3n) is 2.95. The molecule has 2 rings (SSSR count). The smallest absolute Gasteiger partial charge is 0.321 e. The molecule has 2 amide bonds. The molecule has 1 aromatic heterocycles. The van der Waals surface area contributed by atoms with Crippen LogP contribution in [0.2, 0.25) is 0 Å². The van der Waals surface area contributed by atoms with Crippen molar-refractivity contribution in [3.05, 3.63) is 47.3 Å². The number of aromatic nitrogens is 1. The van der Waals surface area contributed by atoms with Gasteiger partial charge in [0.05, 0.1) is 12.2 Å². The van der Waals surface area contributed by atoms with Crippen molar-refractivity contribution in [3.63, 3.8) is 0 Å². The van der Waals surface area contributed by atoms with Gasteiger partial charge in [-0.05, 0) is 26.0 Å². The molecule has 0 saturated carbocycles. The Morgan fingerprint density at radius 2 is 2.00 bits per heavy atom. The second-order valence-electron chi connectivity index (χ2n) is 4.45. The summed E-state index contributed by atoms with van der Waals surface area (Å²) in [7, 11) is 1.74. The number of aryl methyl sites for hydroxylation is 2. The van der Waals surface area contributed by atoms with Gasteiger partial charge in [0.2, 0.25) is 0 Å². The standard InChI is InChI=1S/C14H17N3O2/c1-10-13(11(2)19-16-10)9-17(3)14(18)15-12-7-5-4-6-8-12/h4-8H,9H2,1-3H3,(H,15,18). The zero-order valence-electron chi connectivity index (χ0n) is 11.3. The molecule has 1 N–H and O–H groups in total. The Hall–Kier alpha value is -2.30. The van der Waals surface area contributed by atoms with E-state index in [0.29, 0.717) is 6.54 Å². The highest BCUT2D eigenvalue weighted by Crippen LogP contribution is 2.15. The average molecular weight is 259 g/mol. The van der Waals surface area contributed by atoms with Gasteiger partial charge in [0.1, 0.15) is 5.76 Å². The van der Waals surface area contributed by atoms with E-state index in [9.17, 15) is 4.79 Å². The lowest BCUT2D eigenvalue weighted by molar-refractivity contribution is 0.220. The Balaban J connectivity index is 2.00. The highest BCUT2D eigenvalue weighted by molar-refractivity contribution is 5.89. The fourth-order valence-electron chi connectivity index (χ4n) is 1.78. The van der Waals surface area contributed by atoms with Crippen LogP contribution in [-0.4, -0.2) is 23.1 Å². The van der Waals surface area contributed by atoms with Crippen LogP contribution in [0.5, 0.6) is 0 Å². The minimum absolute atomic E-state index is 0.161. The highest BCUT2D eigenvalue weighted by atomic mass is 16.5. The second kappa shape index (κ2) is 5.56. The number of nitrogens with one attached hydrogen (secondary N) is 1. The van der Waals surface area contributed by atoms with E-state index in [1.165, 1.54) is 0 Å². The number of para-hydroxylation sites is 1. The Bertz CT molecular complexity index is 544. The number of hydrogen-bond acceptors (Lipinski definition) is 3. The molecule has 0 aliphatic heterocycles. The van der Waals surface area contributed by atoms with Crippen LogP contribution >= 0.6 is 0 Å². The van der Waals surface area contributed by atoms with Gasteiger partial charge in [-0.15, -0.1) is 0 Å². The highest BCUT2D eigenvalue weighted by Gasteiger charge is 2.15. The monoisotopic (exact) mass is 259 g/mol. The van der Waals surface area contributed by atoms with Gasteiger partial charge < -0.3 is 14.7 Å². The third-order valence-corrected chi connectivity index (χ3v) is 2.95. The number of hydrogen-bond donors (Lipinski definition) is 1. The van der Waals surface area contributed by atoms with Crippen LogP contribution in [0.25, 0.3) is 0 Å². The molecule has 100 valence electrons. The van der Waals surface area contributed by atoms with Crippen molar-refractivity contribution in [2.75, 3.05) is 12.4 Å². The summed E-state index contributed by atoms with van der Waals surface area (Å²) in [5.74, 6) is 0.747. The van der Waals surface area contributed by atoms with Gasteiger partial charge in [-0.2, -0.15) is 0 Å². The maximum atomic E-state index is 12.0. The SMILES string of the molecule is Cc1noc(C)c1CN(C)C(=O)Nc1ccccc1. The van der Waals surface area contributed by atoms with Gasteiger partial charge in [-0.1, -0.05) is 23.4 Å². The number of carbonyl (C=O) groups excluding carboxylic acids is 1. The third kappa shape index (κ3) is 3.13. The molecule has 5 heteroatoms. The number of carbonyl (C=O) groups is 1. The summed E-state index contributed by atoms with van der Waals surface area (Å²) >= 11 is 0. The molecule has 0 atom stereocenters. The summed E-state index contributed by atoms with van der Waals surface area (Å²) in [6, 6.07) is 9.20. The molecule has 1 aromatic carbocycles. The maximum Gasteiger partial charge on any atom is 0.321 e. The molecular weight excluding hydrogens is 242 g/mol. The number of benzene rings is 1. The fourth-order valence-corrected chi connectivity index (χ4v) is 1.78. The molecule has 0 bridgehead atoms. The normalized spacial score (nSPS) is 10.3. The van der Waals surface area contributed by atoms with Crippen LogP contribution in [0.3, 0.4) is 0 Å². The van der Waals surface area contributed by atoms with Gasteiger partial charge in [0.25, 0.3) is 0 Å². The number of anilines is 1. The topological polar surface area (TPSA) is 58.4 Å². The molecule has 5 nitrogen and oxygen atoms in total. The van der Waals surface area contributed by atoms with Gasteiger partial charge >= 0.3 is 6.03 Å². The van der Waals surface area contributed by atoms with Crippen LogP contribution in [-0.2, 0) is 6.54 Å². The lowest BCUT2D eigenvalue weighted by Gasteiger charge is -2.17. The predicted octanol–water partition coefficient (Wildman–Crippen LogP) is 2.96. The fraction of sp³-hybridized carbons (Fsp3) is 0.286. The van der Waals surface area contributed by atoms with Crippen LogP contribution in [0, 0.1) is 13.8 Å². The zero-order valence-corrected chi connectivity index (χ0v) is 11.3. The number of urea groups is 1. The first-order valence-corrected chi connectivity index (χ1v) is 6.07. The van der Waals surface area contributed by atoms with E-state index in [2.05, 4.69) is 10.5 Å². The van der Waals surface area contributed by atoms with Crippen molar-refractivity contribution in [2.45, 2.75) is 20.4 Å². The Kier molecular flexibility index (Phi) is 3.85. The van der Waals surface area contributed by atoms with Crippen molar-refractivity contribution in [3.8, 4) is 0 Å². The van der Waals surface area contributed by atoms with E-state index in [4.69, 9.17) is 4.52 Å².